The van der Waals surface area contributed by atoms with Gasteiger partial charge in [0, 0.05) is 5.54 Å². The van der Waals surface area contributed by atoms with E-state index in [1.807, 2.05) is 0 Å². The molecule has 1 fully saturated rings. The van der Waals surface area contributed by atoms with Crippen molar-refractivity contribution in [1.82, 2.24) is 0 Å². The summed E-state index contributed by atoms with van der Waals surface area (Å²) >= 11 is 0. The molecule has 3 rings (SSSR count). The molecule has 0 heterocycles. The van der Waals surface area contributed by atoms with Crippen LogP contribution in [0.2, 0.25) is 0 Å². The fourth-order valence-corrected chi connectivity index (χ4v) is 3.79. The second-order valence-corrected chi connectivity index (χ2v) is 6.69. The van der Waals surface area contributed by atoms with Gasteiger partial charge in [0.15, 0.2) is 0 Å². The fraction of sp³-hybridized carbons (Fsp3) is 0.647. The predicted octanol–water partition coefficient (Wildman–Crippen LogP) is 3.79. The molecule has 2 aliphatic rings. The standard InChI is InChI=1S/C17H25N/c1-12-8-9-17(18,11-13(12)2)16-7-6-14-4-3-5-15(14)10-16/h6-7,10,12-13H,3-5,8-9,11,18H2,1-2H3. The van der Waals surface area contributed by atoms with Crippen molar-refractivity contribution in [2.75, 3.05) is 0 Å². The zero-order chi connectivity index (χ0) is 12.8. The lowest BCUT2D eigenvalue weighted by atomic mass is 9.68. The first kappa shape index (κ1) is 12.2. The fourth-order valence-electron chi connectivity index (χ4n) is 3.79. The maximum atomic E-state index is 6.73. The van der Waals surface area contributed by atoms with Crippen molar-refractivity contribution in [1.29, 1.82) is 0 Å². The van der Waals surface area contributed by atoms with Crippen LogP contribution in [0.15, 0.2) is 18.2 Å². The first-order valence-electron chi connectivity index (χ1n) is 7.50. The van der Waals surface area contributed by atoms with Gasteiger partial charge in [-0.25, -0.2) is 0 Å². The molecule has 3 atom stereocenters. The van der Waals surface area contributed by atoms with Gasteiger partial charge in [-0.1, -0.05) is 32.0 Å². The first-order chi connectivity index (χ1) is 8.58. The molecule has 0 bridgehead atoms. The molecule has 0 radical (unpaired) electrons. The van der Waals surface area contributed by atoms with E-state index in [2.05, 4.69) is 32.0 Å². The largest absolute Gasteiger partial charge is 0.321 e. The predicted molar refractivity (Wildman–Crippen MR) is 76.5 cm³/mol. The number of benzene rings is 1. The highest BCUT2D eigenvalue weighted by Gasteiger charge is 2.36. The third kappa shape index (κ3) is 1.99. The summed E-state index contributed by atoms with van der Waals surface area (Å²) < 4.78 is 0. The maximum Gasteiger partial charge on any atom is 0.0412 e. The highest BCUT2D eigenvalue weighted by molar-refractivity contribution is 5.38. The smallest absolute Gasteiger partial charge is 0.0412 e. The van der Waals surface area contributed by atoms with Crippen molar-refractivity contribution in [2.24, 2.45) is 17.6 Å². The van der Waals surface area contributed by atoms with Crippen LogP contribution in [0, 0.1) is 11.8 Å². The van der Waals surface area contributed by atoms with Crippen LogP contribution < -0.4 is 5.73 Å². The molecule has 0 aliphatic heterocycles. The van der Waals surface area contributed by atoms with Crippen LogP contribution in [-0.4, -0.2) is 0 Å². The van der Waals surface area contributed by atoms with Crippen molar-refractivity contribution in [3.8, 4) is 0 Å². The molecule has 1 aromatic carbocycles. The molecule has 0 amide bonds. The molecule has 98 valence electrons. The van der Waals surface area contributed by atoms with E-state index in [9.17, 15) is 0 Å². The van der Waals surface area contributed by atoms with Crippen LogP contribution in [-0.2, 0) is 18.4 Å². The average Bonchev–Trinajstić information content (AvgIpc) is 2.81. The number of fused-ring (bicyclic) bond motifs is 1. The summed E-state index contributed by atoms with van der Waals surface area (Å²) in [6, 6.07) is 7.03. The van der Waals surface area contributed by atoms with Crippen molar-refractivity contribution in [3.63, 3.8) is 0 Å². The zero-order valence-corrected chi connectivity index (χ0v) is 11.7. The normalized spacial score (nSPS) is 35.5. The summed E-state index contributed by atoms with van der Waals surface area (Å²) in [5, 5.41) is 0. The Kier molecular flexibility index (Phi) is 2.97. The molecule has 0 saturated heterocycles. The van der Waals surface area contributed by atoms with Gasteiger partial charge in [0.25, 0.3) is 0 Å². The van der Waals surface area contributed by atoms with Crippen LogP contribution in [0.3, 0.4) is 0 Å². The molecular weight excluding hydrogens is 218 g/mol. The third-order valence-corrected chi connectivity index (χ3v) is 5.38. The summed E-state index contributed by atoms with van der Waals surface area (Å²) in [6.07, 6.45) is 7.41. The minimum Gasteiger partial charge on any atom is -0.321 e. The highest BCUT2D eigenvalue weighted by Crippen LogP contribution is 2.41. The first-order valence-corrected chi connectivity index (χ1v) is 7.50. The van der Waals surface area contributed by atoms with Crippen molar-refractivity contribution in [2.45, 2.75) is 57.9 Å². The lowest BCUT2D eigenvalue weighted by Gasteiger charge is -2.40. The Balaban J connectivity index is 1.89. The zero-order valence-electron chi connectivity index (χ0n) is 11.7. The van der Waals surface area contributed by atoms with Crippen molar-refractivity contribution < 1.29 is 0 Å². The third-order valence-electron chi connectivity index (χ3n) is 5.38. The summed E-state index contributed by atoms with van der Waals surface area (Å²) in [7, 11) is 0. The van der Waals surface area contributed by atoms with Crippen LogP contribution >= 0.6 is 0 Å². The molecule has 0 spiro atoms. The molecule has 18 heavy (non-hydrogen) atoms. The Hall–Kier alpha value is -0.820. The van der Waals surface area contributed by atoms with Gasteiger partial charge in [-0.15, -0.1) is 0 Å². The average molecular weight is 243 g/mol. The summed E-state index contributed by atoms with van der Waals surface area (Å²) in [6.45, 7) is 4.73. The van der Waals surface area contributed by atoms with Gasteiger partial charge < -0.3 is 5.73 Å². The molecule has 0 aromatic heterocycles. The number of aryl methyl sites for hydroxylation is 2. The molecular formula is C17H25N. The number of hydrogen-bond donors (Lipinski definition) is 1. The van der Waals surface area contributed by atoms with E-state index in [4.69, 9.17) is 5.73 Å². The summed E-state index contributed by atoms with van der Waals surface area (Å²) in [5.41, 5.74) is 11.2. The number of rotatable bonds is 1. The SMILES string of the molecule is CC1CCC(N)(c2ccc3c(c2)CCC3)CC1C. The molecule has 1 heteroatoms. The van der Waals surface area contributed by atoms with E-state index in [-0.39, 0.29) is 5.54 Å². The second kappa shape index (κ2) is 4.38. The van der Waals surface area contributed by atoms with E-state index in [1.54, 1.807) is 11.1 Å². The van der Waals surface area contributed by atoms with Gasteiger partial charge in [-0.05, 0) is 67.1 Å². The van der Waals surface area contributed by atoms with E-state index in [0.29, 0.717) is 0 Å². The van der Waals surface area contributed by atoms with E-state index < -0.39 is 0 Å². The Bertz CT molecular complexity index is 451. The van der Waals surface area contributed by atoms with E-state index in [1.165, 1.54) is 31.2 Å². The minimum atomic E-state index is -0.0659. The monoisotopic (exact) mass is 243 g/mol. The van der Waals surface area contributed by atoms with Crippen LogP contribution in [0.25, 0.3) is 0 Å². The molecule has 3 unspecified atom stereocenters. The molecule has 1 nitrogen and oxygen atoms in total. The van der Waals surface area contributed by atoms with Gasteiger partial charge >= 0.3 is 0 Å². The Morgan fingerprint density at radius 1 is 1.11 bits per heavy atom. The van der Waals surface area contributed by atoms with E-state index in [0.717, 1.165) is 24.7 Å². The van der Waals surface area contributed by atoms with Crippen molar-refractivity contribution >= 4 is 0 Å². The van der Waals surface area contributed by atoms with Crippen molar-refractivity contribution in [3.05, 3.63) is 34.9 Å². The second-order valence-electron chi connectivity index (χ2n) is 6.69. The summed E-state index contributed by atoms with van der Waals surface area (Å²) in [5.74, 6) is 1.58. The van der Waals surface area contributed by atoms with Gasteiger partial charge in [0.1, 0.15) is 0 Å². The van der Waals surface area contributed by atoms with E-state index >= 15 is 0 Å². The molecule has 1 aromatic rings. The van der Waals surface area contributed by atoms with Gasteiger partial charge in [-0.2, -0.15) is 0 Å². The Morgan fingerprint density at radius 2 is 1.89 bits per heavy atom. The lowest BCUT2D eigenvalue weighted by Crippen LogP contribution is -2.43. The number of hydrogen-bond acceptors (Lipinski definition) is 1. The van der Waals surface area contributed by atoms with Gasteiger partial charge in [0.05, 0.1) is 0 Å². The molecule has 2 N–H and O–H groups in total. The van der Waals surface area contributed by atoms with Gasteiger partial charge in [0.2, 0.25) is 0 Å². The molecule has 1 saturated carbocycles. The summed E-state index contributed by atoms with van der Waals surface area (Å²) in [4.78, 5) is 0. The van der Waals surface area contributed by atoms with Crippen LogP contribution in [0.5, 0.6) is 0 Å². The van der Waals surface area contributed by atoms with Crippen LogP contribution in [0.4, 0.5) is 0 Å². The maximum absolute atomic E-state index is 6.73. The van der Waals surface area contributed by atoms with Crippen LogP contribution in [0.1, 0.15) is 56.2 Å². The molecule has 2 aliphatic carbocycles. The van der Waals surface area contributed by atoms with Gasteiger partial charge in [-0.3, -0.25) is 0 Å². The number of nitrogens with two attached hydrogens (primary N) is 1. The Morgan fingerprint density at radius 3 is 2.67 bits per heavy atom. The topological polar surface area (TPSA) is 26.0 Å². The lowest BCUT2D eigenvalue weighted by molar-refractivity contribution is 0.177. The Labute approximate surface area is 111 Å². The highest BCUT2D eigenvalue weighted by atomic mass is 14.8. The minimum absolute atomic E-state index is 0.0659. The quantitative estimate of drug-likeness (QED) is 0.798.